The van der Waals surface area contributed by atoms with Gasteiger partial charge in [0.25, 0.3) is 0 Å². The first-order valence-electron chi connectivity index (χ1n) is 12.6. The maximum Gasteiger partial charge on any atom is 0.319 e. The number of hydrogen-bond acceptors (Lipinski definition) is 4. The number of benzene rings is 2. The van der Waals surface area contributed by atoms with Gasteiger partial charge in [-0.25, -0.2) is 18.0 Å². The number of nitrogens with zero attached hydrogens (tertiary/aromatic N) is 1. The molecule has 3 aliphatic rings. The Kier molecular flexibility index (Phi) is 7.02. The molecule has 2 fully saturated rings. The van der Waals surface area contributed by atoms with Crippen LogP contribution in [0.5, 0.6) is 0 Å². The predicted octanol–water partition coefficient (Wildman–Crippen LogP) is 4.78. The van der Waals surface area contributed by atoms with Gasteiger partial charge in [-0.2, -0.15) is 0 Å². The molecule has 2 heterocycles. The Hall–Kier alpha value is -3.27. The zero-order valence-electron chi connectivity index (χ0n) is 20.6. The van der Waals surface area contributed by atoms with Gasteiger partial charge in [0.2, 0.25) is 11.8 Å². The third-order valence-electron chi connectivity index (χ3n) is 7.77. The standard InChI is InChI=1S/C27H31F3N4O3/c1-37-15-23-19-11-13-34(24(19)18-4-2-3-5-21(18)32-23)25(35)20-14-27(29,30)12-10-22(20)33-26(36)31-17-8-6-16(28)7-9-17/h2-9,19-20,22-24,32H,10-15H2,1H3,(H2,31,33,36)/t19-,20+,22-,23+,24+/m1/s1. The van der Waals surface area contributed by atoms with Gasteiger partial charge in [0.05, 0.1) is 24.6 Å². The van der Waals surface area contributed by atoms with Crippen LogP contribution in [0.25, 0.3) is 0 Å². The van der Waals surface area contributed by atoms with Crippen LogP contribution in [0.4, 0.5) is 29.3 Å². The molecule has 1 saturated carbocycles. The second-order valence-corrected chi connectivity index (χ2v) is 10.1. The highest BCUT2D eigenvalue weighted by molar-refractivity contribution is 5.90. The highest BCUT2D eigenvalue weighted by atomic mass is 19.3. The van der Waals surface area contributed by atoms with Crippen LogP contribution < -0.4 is 16.0 Å². The van der Waals surface area contributed by atoms with Crippen molar-refractivity contribution in [3.63, 3.8) is 0 Å². The third-order valence-corrected chi connectivity index (χ3v) is 7.77. The normalized spacial score (nSPS) is 28.0. The zero-order valence-corrected chi connectivity index (χ0v) is 20.6. The van der Waals surface area contributed by atoms with Crippen LogP contribution in [0.2, 0.25) is 0 Å². The van der Waals surface area contributed by atoms with Crippen molar-refractivity contribution in [3.05, 3.63) is 59.9 Å². The second-order valence-electron chi connectivity index (χ2n) is 10.1. The lowest BCUT2D eigenvalue weighted by Gasteiger charge is -2.42. The highest BCUT2D eigenvalue weighted by Gasteiger charge is 2.51. The van der Waals surface area contributed by atoms with Gasteiger partial charge >= 0.3 is 6.03 Å². The first-order chi connectivity index (χ1) is 17.8. The van der Waals surface area contributed by atoms with Crippen molar-refractivity contribution in [2.45, 2.75) is 49.7 Å². The molecule has 37 heavy (non-hydrogen) atoms. The largest absolute Gasteiger partial charge is 0.383 e. The van der Waals surface area contributed by atoms with Crippen LogP contribution in [0, 0.1) is 17.7 Å². The first kappa shape index (κ1) is 25.4. The molecule has 5 atom stereocenters. The van der Waals surface area contributed by atoms with E-state index in [-0.39, 0.29) is 30.3 Å². The molecule has 1 saturated heterocycles. The fourth-order valence-electron chi connectivity index (χ4n) is 6.07. The Morgan fingerprint density at radius 1 is 1.14 bits per heavy atom. The molecule has 2 aromatic rings. The molecule has 0 radical (unpaired) electrons. The number of hydrogen-bond donors (Lipinski definition) is 3. The van der Waals surface area contributed by atoms with Gasteiger partial charge in [-0.1, -0.05) is 18.2 Å². The molecular weight excluding hydrogens is 485 g/mol. The molecule has 1 aliphatic carbocycles. The van der Waals surface area contributed by atoms with E-state index < -0.39 is 42.6 Å². The van der Waals surface area contributed by atoms with E-state index in [1.54, 1.807) is 12.0 Å². The van der Waals surface area contributed by atoms with Crippen molar-refractivity contribution in [1.82, 2.24) is 10.2 Å². The molecule has 3 amide bonds. The van der Waals surface area contributed by atoms with E-state index in [4.69, 9.17) is 4.74 Å². The minimum atomic E-state index is -2.99. The Morgan fingerprint density at radius 3 is 2.65 bits per heavy atom. The lowest BCUT2D eigenvalue weighted by Crippen LogP contribution is -2.54. The number of para-hydroxylation sites is 1. The molecule has 3 N–H and O–H groups in total. The van der Waals surface area contributed by atoms with Gasteiger partial charge in [-0.15, -0.1) is 0 Å². The lowest BCUT2D eigenvalue weighted by molar-refractivity contribution is -0.146. The van der Waals surface area contributed by atoms with Crippen LogP contribution in [0.3, 0.4) is 0 Å². The second kappa shape index (κ2) is 10.2. The number of amides is 3. The first-order valence-corrected chi connectivity index (χ1v) is 12.6. The van der Waals surface area contributed by atoms with Gasteiger partial charge in [-0.3, -0.25) is 4.79 Å². The van der Waals surface area contributed by atoms with E-state index >= 15 is 0 Å². The molecular formula is C27H31F3N4O3. The average molecular weight is 517 g/mol. The maximum absolute atomic E-state index is 14.6. The summed E-state index contributed by atoms with van der Waals surface area (Å²) in [6, 6.07) is 11.3. The van der Waals surface area contributed by atoms with Crippen molar-refractivity contribution < 1.29 is 27.5 Å². The number of carbonyl (C=O) groups excluding carboxylic acids is 2. The Labute approximate surface area is 213 Å². The number of ether oxygens (including phenoxy) is 1. The van der Waals surface area contributed by atoms with E-state index in [9.17, 15) is 22.8 Å². The molecule has 198 valence electrons. The summed E-state index contributed by atoms with van der Waals surface area (Å²) in [5, 5.41) is 8.84. The van der Waals surface area contributed by atoms with Gasteiger partial charge in [0.15, 0.2) is 0 Å². The summed E-state index contributed by atoms with van der Waals surface area (Å²) in [5.74, 6) is -4.79. The minimum absolute atomic E-state index is 0.00842. The third kappa shape index (κ3) is 5.25. The number of alkyl halides is 2. The molecule has 0 aromatic heterocycles. The smallest absolute Gasteiger partial charge is 0.319 e. The van der Waals surface area contributed by atoms with Crippen molar-refractivity contribution >= 4 is 23.3 Å². The van der Waals surface area contributed by atoms with Gasteiger partial charge in [0.1, 0.15) is 5.82 Å². The summed E-state index contributed by atoms with van der Waals surface area (Å²) in [5.41, 5.74) is 2.24. The van der Waals surface area contributed by atoms with E-state index in [1.807, 2.05) is 24.3 Å². The number of rotatable bonds is 5. The summed E-state index contributed by atoms with van der Waals surface area (Å²) in [6.07, 6.45) is -0.333. The van der Waals surface area contributed by atoms with E-state index in [0.717, 1.165) is 17.7 Å². The highest BCUT2D eigenvalue weighted by Crippen LogP contribution is 2.48. The molecule has 0 spiro atoms. The molecule has 5 rings (SSSR count). The molecule has 0 unspecified atom stereocenters. The number of fused-ring (bicyclic) bond motifs is 3. The van der Waals surface area contributed by atoms with E-state index in [2.05, 4.69) is 16.0 Å². The molecule has 10 heteroatoms. The molecule has 0 bridgehead atoms. The summed E-state index contributed by atoms with van der Waals surface area (Å²) in [6.45, 7) is 0.910. The number of urea groups is 1. The van der Waals surface area contributed by atoms with Gasteiger partial charge in [0, 0.05) is 49.8 Å². The maximum atomic E-state index is 14.6. The number of carbonyl (C=O) groups is 2. The van der Waals surface area contributed by atoms with Gasteiger partial charge in [-0.05, 0) is 48.7 Å². The monoisotopic (exact) mass is 516 g/mol. The fourth-order valence-corrected chi connectivity index (χ4v) is 6.07. The molecule has 7 nitrogen and oxygen atoms in total. The van der Waals surface area contributed by atoms with Crippen molar-refractivity contribution in [3.8, 4) is 0 Å². The van der Waals surface area contributed by atoms with E-state index in [1.165, 1.54) is 24.3 Å². The summed E-state index contributed by atoms with van der Waals surface area (Å²) < 4.78 is 47.7. The fraction of sp³-hybridized carbons (Fsp3) is 0.481. The Balaban J connectivity index is 1.37. The predicted molar refractivity (Wildman–Crippen MR) is 133 cm³/mol. The van der Waals surface area contributed by atoms with Crippen LogP contribution in [0.15, 0.2) is 48.5 Å². The summed E-state index contributed by atoms with van der Waals surface area (Å²) in [4.78, 5) is 28.3. The van der Waals surface area contributed by atoms with Crippen LogP contribution in [0.1, 0.15) is 37.3 Å². The minimum Gasteiger partial charge on any atom is -0.383 e. The van der Waals surface area contributed by atoms with Crippen LogP contribution in [-0.4, -0.2) is 55.1 Å². The topological polar surface area (TPSA) is 82.7 Å². The number of likely N-dealkylation sites (tertiary alicyclic amines) is 1. The molecule has 2 aromatic carbocycles. The molecule has 2 aliphatic heterocycles. The number of anilines is 2. The average Bonchev–Trinajstić information content (AvgIpc) is 3.32. The zero-order chi connectivity index (χ0) is 26.2. The Morgan fingerprint density at radius 2 is 1.89 bits per heavy atom. The van der Waals surface area contributed by atoms with Crippen molar-refractivity contribution in [2.24, 2.45) is 11.8 Å². The van der Waals surface area contributed by atoms with Crippen LogP contribution in [-0.2, 0) is 9.53 Å². The lowest BCUT2D eigenvalue weighted by atomic mass is 9.80. The number of methoxy groups -OCH3 is 1. The quantitative estimate of drug-likeness (QED) is 0.534. The Bertz CT molecular complexity index is 1150. The summed E-state index contributed by atoms with van der Waals surface area (Å²) >= 11 is 0. The SMILES string of the molecule is COC[C@@H]1Nc2ccccc2[C@H]2[C@@H]1CCN2C(=O)[C@H]1CC(F)(F)CC[C@H]1NC(=O)Nc1ccc(F)cc1. The van der Waals surface area contributed by atoms with Crippen molar-refractivity contribution in [2.75, 3.05) is 30.9 Å². The van der Waals surface area contributed by atoms with Crippen LogP contribution >= 0.6 is 0 Å². The number of nitrogens with one attached hydrogen (secondary N) is 3. The van der Waals surface area contributed by atoms with Crippen molar-refractivity contribution in [1.29, 1.82) is 0 Å². The summed E-state index contributed by atoms with van der Waals surface area (Å²) in [7, 11) is 1.63. The van der Waals surface area contributed by atoms with Gasteiger partial charge < -0.3 is 25.6 Å². The van der Waals surface area contributed by atoms with E-state index in [0.29, 0.717) is 18.8 Å². The number of halogens is 3.